The zero-order valence-corrected chi connectivity index (χ0v) is 8.47. The number of hydrogen-bond acceptors (Lipinski definition) is 1. The Morgan fingerprint density at radius 1 is 1.47 bits per heavy atom. The summed E-state index contributed by atoms with van der Waals surface area (Å²) >= 11 is 0. The number of rotatable bonds is 2. The standard InChI is InChI=1S/C12H11FN2/c1-8-10-5-4-9(13)7-12(10)15-11(8)3-2-6-14/h4-5,7,15H,2-3H2,1H3. The van der Waals surface area contributed by atoms with Crippen molar-refractivity contribution in [3.63, 3.8) is 0 Å². The van der Waals surface area contributed by atoms with Gasteiger partial charge in [0.25, 0.3) is 0 Å². The lowest BCUT2D eigenvalue weighted by atomic mass is 10.1. The number of aromatic nitrogens is 1. The molecule has 76 valence electrons. The van der Waals surface area contributed by atoms with Crippen LogP contribution >= 0.6 is 0 Å². The molecule has 1 N–H and O–H groups in total. The number of hydrogen-bond donors (Lipinski definition) is 1. The average Bonchev–Trinajstić information content (AvgIpc) is 2.52. The number of aryl methyl sites for hydroxylation is 2. The summed E-state index contributed by atoms with van der Waals surface area (Å²) in [6.45, 7) is 1.99. The van der Waals surface area contributed by atoms with Gasteiger partial charge in [-0.25, -0.2) is 4.39 Å². The van der Waals surface area contributed by atoms with Crippen molar-refractivity contribution in [2.75, 3.05) is 0 Å². The van der Waals surface area contributed by atoms with Crippen molar-refractivity contribution in [2.24, 2.45) is 0 Å². The molecule has 0 radical (unpaired) electrons. The number of nitrogens with zero attached hydrogens (tertiary/aromatic N) is 1. The summed E-state index contributed by atoms with van der Waals surface area (Å²) in [4.78, 5) is 3.15. The number of halogens is 1. The molecule has 1 heterocycles. The van der Waals surface area contributed by atoms with Crippen molar-refractivity contribution in [3.05, 3.63) is 35.3 Å². The van der Waals surface area contributed by atoms with Gasteiger partial charge in [0.05, 0.1) is 6.07 Å². The second kappa shape index (κ2) is 3.74. The van der Waals surface area contributed by atoms with Crippen LogP contribution in [0, 0.1) is 24.1 Å². The molecule has 1 aromatic heterocycles. The Morgan fingerprint density at radius 3 is 3.00 bits per heavy atom. The largest absolute Gasteiger partial charge is 0.358 e. The second-order valence-electron chi connectivity index (χ2n) is 3.58. The Bertz CT molecular complexity index is 534. The molecule has 0 saturated carbocycles. The van der Waals surface area contributed by atoms with Crippen LogP contribution in [0.15, 0.2) is 18.2 Å². The van der Waals surface area contributed by atoms with E-state index >= 15 is 0 Å². The van der Waals surface area contributed by atoms with Gasteiger partial charge in [-0.05, 0) is 30.7 Å². The molecule has 3 heteroatoms. The van der Waals surface area contributed by atoms with E-state index in [2.05, 4.69) is 11.1 Å². The summed E-state index contributed by atoms with van der Waals surface area (Å²) in [6, 6.07) is 6.82. The number of nitriles is 1. The topological polar surface area (TPSA) is 39.6 Å². The molecule has 0 bridgehead atoms. The van der Waals surface area contributed by atoms with Crippen LogP contribution in [0.2, 0.25) is 0 Å². The Balaban J connectivity index is 2.50. The van der Waals surface area contributed by atoms with E-state index in [1.807, 2.05) is 6.92 Å². The highest BCUT2D eigenvalue weighted by Crippen LogP contribution is 2.23. The van der Waals surface area contributed by atoms with Gasteiger partial charge in [-0.2, -0.15) is 5.26 Å². The lowest BCUT2D eigenvalue weighted by Crippen LogP contribution is -1.85. The smallest absolute Gasteiger partial charge is 0.125 e. The number of benzene rings is 1. The zero-order valence-electron chi connectivity index (χ0n) is 8.47. The van der Waals surface area contributed by atoms with Crippen molar-refractivity contribution in [3.8, 4) is 6.07 Å². The SMILES string of the molecule is Cc1c(CCC#N)[nH]c2cc(F)ccc12. The minimum atomic E-state index is -0.240. The molecular weight excluding hydrogens is 191 g/mol. The van der Waals surface area contributed by atoms with Crippen LogP contribution in [-0.2, 0) is 6.42 Å². The third kappa shape index (κ3) is 1.71. The van der Waals surface area contributed by atoms with Crippen LogP contribution in [0.25, 0.3) is 10.9 Å². The zero-order chi connectivity index (χ0) is 10.8. The molecule has 0 aliphatic carbocycles. The lowest BCUT2D eigenvalue weighted by molar-refractivity contribution is 0.629. The summed E-state index contributed by atoms with van der Waals surface area (Å²) in [7, 11) is 0. The first-order valence-electron chi connectivity index (χ1n) is 4.86. The van der Waals surface area contributed by atoms with Crippen LogP contribution in [0.5, 0.6) is 0 Å². The molecule has 0 aliphatic rings. The van der Waals surface area contributed by atoms with Gasteiger partial charge in [-0.15, -0.1) is 0 Å². The fourth-order valence-corrected chi connectivity index (χ4v) is 1.80. The van der Waals surface area contributed by atoms with Gasteiger partial charge in [0.2, 0.25) is 0 Å². The van der Waals surface area contributed by atoms with E-state index in [1.165, 1.54) is 12.1 Å². The summed E-state index contributed by atoms with van der Waals surface area (Å²) in [5, 5.41) is 9.55. The molecular formula is C12H11FN2. The van der Waals surface area contributed by atoms with Crippen LogP contribution in [-0.4, -0.2) is 4.98 Å². The van der Waals surface area contributed by atoms with Crippen molar-refractivity contribution in [2.45, 2.75) is 19.8 Å². The maximum absolute atomic E-state index is 13.0. The van der Waals surface area contributed by atoms with Gasteiger partial charge in [0, 0.05) is 29.4 Å². The molecule has 2 nitrogen and oxygen atoms in total. The third-order valence-corrected chi connectivity index (χ3v) is 2.61. The fourth-order valence-electron chi connectivity index (χ4n) is 1.80. The molecule has 15 heavy (non-hydrogen) atoms. The molecule has 0 spiro atoms. The Hall–Kier alpha value is -1.82. The van der Waals surface area contributed by atoms with E-state index in [0.29, 0.717) is 12.8 Å². The third-order valence-electron chi connectivity index (χ3n) is 2.61. The van der Waals surface area contributed by atoms with E-state index in [0.717, 1.165) is 22.2 Å². The van der Waals surface area contributed by atoms with Gasteiger partial charge >= 0.3 is 0 Å². The van der Waals surface area contributed by atoms with Crippen LogP contribution < -0.4 is 0 Å². The van der Waals surface area contributed by atoms with Crippen LogP contribution in [0.1, 0.15) is 17.7 Å². The van der Waals surface area contributed by atoms with Gasteiger partial charge in [0.15, 0.2) is 0 Å². The first kappa shape index (κ1) is 9.72. The fraction of sp³-hybridized carbons (Fsp3) is 0.250. The van der Waals surface area contributed by atoms with Gasteiger partial charge < -0.3 is 4.98 Å². The number of aromatic amines is 1. The summed E-state index contributed by atoms with van der Waals surface area (Å²) in [5.41, 5.74) is 2.94. The molecule has 0 fully saturated rings. The molecule has 0 unspecified atom stereocenters. The highest BCUT2D eigenvalue weighted by atomic mass is 19.1. The van der Waals surface area contributed by atoms with Crippen molar-refractivity contribution in [1.82, 2.24) is 4.98 Å². The van der Waals surface area contributed by atoms with Gasteiger partial charge in [-0.1, -0.05) is 0 Å². The molecule has 0 atom stereocenters. The van der Waals surface area contributed by atoms with E-state index in [9.17, 15) is 4.39 Å². The first-order chi connectivity index (χ1) is 7.22. The highest BCUT2D eigenvalue weighted by molar-refractivity contribution is 5.84. The van der Waals surface area contributed by atoms with Crippen LogP contribution in [0.3, 0.4) is 0 Å². The lowest BCUT2D eigenvalue weighted by Gasteiger charge is -1.93. The van der Waals surface area contributed by atoms with Gasteiger partial charge in [-0.3, -0.25) is 0 Å². The highest BCUT2D eigenvalue weighted by Gasteiger charge is 2.07. The van der Waals surface area contributed by atoms with E-state index in [-0.39, 0.29) is 5.82 Å². The second-order valence-corrected chi connectivity index (χ2v) is 3.58. The van der Waals surface area contributed by atoms with E-state index < -0.39 is 0 Å². The van der Waals surface area contributed by atoms with E-state index in [4.69, 9.17) is 5.26 Å². The van der Waals surface area contributed by atoms with Crippen molar-refractivity contribution < 1.29 is 4.39 Å². The average molecular weight is 202 g/mol. The van der Waals surface area contributed by atoms with Crippen molar-refractivity contribution in [1.29, 1.82) is 5.26 Å². The first-order valence-corrected chi connectivity index (χ1v) is 4.86. The predicted octanol–water partition coefficient (Wildman–Crippen LogP) is 3.07. The quantitative estimate of drug-likeness (QED) is 0.798. The monoisotopic (exact) mass is 202 g/mol. The molecule has 0 saturated heterocycles. The molecule has 0 aliphatic heterocycles. The predicted molar refractivity (Wildman–Crippen MR) is 56.9 cm³/mol. The number of nitrogens with one attached hydrogen (secondary N) is 1. The summed E-state index contributed by atoms with van der Waals surface area (Å²) in [5.74, 6) is -0.240. The summed E-state index contributed by atoms with van der Waals surface area (Å²) < 4.78 is 13.0. The molecule has 0 amide bonds. The van der Waals surface area contributed by atoms with E-state index in [1.54, 1.807) is 6.07 Å². The Labute approximate surface area is 87.3 Å². The normalized spacial score (nSPS) is 10.5. The Kier molecular flexibility index (Phi) is 2.42. The molecule has 2 aromatic rings. The maximum atomic E-state index is 13.0. The van der Waals surface area contributed by atoms with Crippen molar-refractivity contribution >= 4 is 10.9 Å². The van der Waals surface area contributed by atoms with Crippen LogP contribution in [0.4, 0.5) is 4.39 Å². The number of H-pyrrole nitrogens is 1. The van der Waals surface area contributed by atoms with Gasteiger partial charge in [0.1, 0.15) is 5.82 Å². The number of fused-ring (bicyclic) bond motifs is 1. The minimum absolute atomic E-state index is 0.240. The molecule has 2 rings (SSSR count). The minimum Gasteiger partial charge on any atom is -0.358 e. The molecule has 1 aromatic carbocycles. The summed E-state index contributed by atoms with van der Waals surface area (Å²) in [6.07, 6.45) is 1.18. The Morgan fingerprint density at radius 2 is 2.27 bits per heavy atom. The maximum Gasteiger partial charge on any atom is 0.125 e.